The van der Waals surface area contributed by atoms with E-state index in [1.807, 2.05) is 29.5 Å². The maximum atomic E-state index is 5.58. The molecule has 0 radical (unpaired) electrons. The molecule has 3 heterocycles. The Morgan fingerprint density at radius 2 is 1.96 bits per heavy atom. The van der Waals surface area contributed by atoms with Gasteiger partial charge < -0.3 is 10.2 Å². The van der Waals surface area contributed by atoms with Crippen LogP contribution in [0.5, 0.6) is 0 Å². The zero-order valence-electron chi connectivity index (χ0n) is 15.5. The zero-order valence-corrected chi connectivity index (χ0v) is 16.3. The highest BCUT2D eigenvalue weighted by Crippen LogP contribution is 2.15. The smallest absolute Gasteiger partial charge is 0.173 e. The number of anilines is 1. The summed E-state index contributed by atoms with van der Waals surface area (Å²) in [6, 6.07) is 0. The molecule has 0 aromatic carbocycles. The number of thiocarbonyl (C=S) groups is 1. The lowest BCUT2D eigenvalue weighted by Gasteiger charge is -2.36. The number of piperazine rings is 1. The fraction of sp³-hybridized carbons (Fsp3) is 0.588. The van der Waals surface area contributed by atoms with E-state index in [4.69, 9.17) is 12.2 Å². The highest BCUT2D eigenvalue weighted by molar-refractivity contribution is 7.80. The van der Waals surface area contributed by atoms with E-state index < -0.39 is 0 Å². The molecule has 3 rings (SSSR count). The summed E-state index contributed by atoms with van der Waals surface area (Å²) in [7, 11) is 1.94. The third-order valence-electron chi connectivity index (χ3n) is 4.90. The highest BCUT2D eigenvalue weighted by Gasteiger charge is 2.20. The molecule has 1 aliphatic heterocycles. The van der Waals surface area contributed by atoms with Gasteiger partial charge in [0, 0.05) is 58.1 Å². The average molecular weight is 362 g/mol. The molecule has 7 nitrogen and oxygen atoms in total. The Kier molecular flexibility index (Phi) is 5.39. The van der Waals surface area contributed by atoms with Crippen LogP contribution in [0.2, 0.25) is 0 Å². The quantitative estimate of drug-likeness (QED) is 0.838. The number of aryl methyl sites for hydroxylation is 3. The van der Waals surface area contributed by atoms with Gasteiger partial charge in [-0.05, 0) is 33.0 Å². The van der Waals surface area contributed by atoms with Crippen LogP contribution >= 0.6 is 12.2 Å². The van der Waals surface area contributed by atoms with Gasteiger partial charge >= 0.3 is 0 Å². The summed E-state index contributed by atoms with van der Waals surface area (Å²) in [5.41, 5.74) is 4.53. The molecule has 0 atom stereocenters. The molecular weight excluding hydrogens is 334 g/mol. The van der Waals surface area contributed by atoms with E-state index in [0.717, 1.165) is 61.5 Å². The summed E-state index contributed by atoms with van der Waals surface area (Å²) in [4.78, 5) is 4.71. The SMILES string of the molecule is CCn1cc(CN2CCN(C(=S)Nc3cnn(C)c3C)CC2)c(C)n1. The number of nitrogens with zero attached hydrogens (tertiary/aromatic N) is 6. The summed E-state index contributed by atoms with van der Waals surface area (Å²) in [5, 5.41) is 12.9. The van der Waals surface area contributed by atoms with Gasteiger partial charge in [-0.1, -0.05) is 0 Å². The van der Waals surface area contributed by atoms with Gasteiger partial charge in [0.15, 0.2) is 5.11 Å². The number of hydrogen-bond donors (Lipinski definition) is 1. The van der Waals surface area contributed by atoms with E-state index in [0.29, 0.717) is 0 Å². The first-order valence-electron chi connectivity index (χ1n) is 8.77. The van der Waals surface area contributed by atoms with Crippen molar-refractivity contribution < 1.29 is 0 Å². The summed E-state index contributed by atoms with van der Waals surface area (Å²) < 4.78 is 3.86. The number of nitrogens with one attached hydrogen (secondary N) is 1. The first-order valence-corrected chi connectivity index (χ1v) is 9.18. The average Bonchev–Trinajstić information content (AvgIpc) is 3.12. The predicted molar refractivity (Wildman–Crippen MR) is 104 cm³/mol. The second kappa shape index (κ2) is 7.53. The van der Waals surface area contributed by atoms with Crippen molar-refractivity contribution in [3.63, 3.8) is 0 Å². The molecule has 1 N–H and O–H groups in total. The topological polar surface area (TPSA) is 54.1 Å². The Bertz CT molecular complexity index is 740. The van der Waals surface area contributed by atoms with Crippen LogP contribution in [0.1, 0.15) is 23.9 Å². The Morgan fingerprint density at radius 1 is 1.24 bits per heavy atom. The van der Waals surface area contributed by atoms with Crippen molar-refractivity contribution in [1.29, 1.82) is 0 Å². The molecule has 8 heteroatoms. The van der Waals surface area contributed by atoms with Gasteiger partial charge in [0.1, 0.15) is 0 Å². The normalized spacial score (nSPS) is 15.6. The monoisotopic (exact) mass is 361 g/mol. The molecule has 0 unspecified atom stereocenters. The Morgan fingerprint density at radius 3 is 2.52 bits per heavy atom. The van der Waals surface area contributed by atoms with Crippen LogP contribution in [0.4, 0.5) is 5.69 Å². The summed E-state index contributed by atoms with van der Waals surface area (Å²) in [6.07, 6.45) is 3.99. The Balaban J connectivity index is 1.52. The van der Waals surface area contributed by atoms with Gasteiger partial charge in [-0.3, -0.25) is 14.3 Å². The van der Waals surface area contributed by atoms with Gasteiger partial charge in [0.05, 0.1) is 23.3 Å². The fourth-order valence-electron chi connectivity index (χ4n) is 3.04. The molecule has 0 amide bonds. The van der Waals surface area contributed by atoms with Crippen LogP contribution in [0.15, 0.2) is 12.4 Å². The lowest BCUT2D eigenvalue weighted by molar-refractivity contribution is 0.176. The van der Waals surface area contributed by atoms with Crippen LogP contribution in [-0.4, -0.2) is 60.7 Å². The van der Waals surface area contributed by atoms with Gasteiger partial charge in [-0.15, -0.1) is 0 Å². The Labute approximate surface area is 154 Å². The maximum absolute atomic E-state index is 5.58. The molecule has 136 valence electrons. The number of rotatable bonds is 4. The van der Waals surface area contributed by atoms with E-state index in [1.165, 1.54) is 5.56 Å². The van der Waals surface area contributed by atoms with Gasteiger partial charge in [-0.25, -0.2) is 0 Å². The molecule has 0 saturated carbocycles. The van der Waals surface area contributed by atoms with Gasteiger partial charge in [0.2, 0.25) is 0 Å². The molecule has 2 aromatic heterocycles. The predicted octanol–water partition coefficient (Wildman–Crippen LogP) is 1.77. The van der Waals surface area contributed by atoms with Crippen LogP contribution in [0.25, 0.3) is 0 Å². The second-order valence-electron chi connectivity index (χ2n) is 6.56. The van der Waals surface area contributed by atoms with Gasteiger partial charge in [-0.2, -0.15) is 10.2 Å². The van der Waals surface area contributed by atoms with Gasteiger partial charge in [0.25, 0.3) is 0 Å². The van der Waals surface area contributed by atoms with E-state index in [-0.39, 0.29) is 0 Å². The summed E-state index contributed by atoms with van der Waals surface area (Å²) in [6.45, 7) is 12.0. The van der Waals surface area contributed by atoms with E-state index in [2.05, 4.69) is 45.4 Å². The number of hydrogen-bond acceptors (Lipinski definition) is 4. The molecule has 2 aromatic rings. The molecule has 25 heavy (non-hydrogen) atoms. The van der Waals surface area contributed by atoms with Crippen molar-refractivity contribution in [2.24, 2.45) is 7.05 Å². The third-order valence-corrected chi connectivity index (χ3v) is 5.26. The minimum absolute atomic E-state index is 0.783. The van der Waals surface area contributed by atoms with Crippen LogP contribution in [0.3, 0.4) is 0 Å². The first-order chi connectivity index (χ1) is 12.0. The molecule has 1 aliphatic rings. The van der Waals surface area contributed by atoms with Crippen molar-refractivity contribution in [1.82, 2.24) is 29.4 Å². The van der Waals surface area contributed by atoms with Crippen molar-refractivity contribution in [3.05, 3.63) is 29.3 Å². The maximum Gasteiger partial charge on any atom is 0.173 e. The van der Waals surface area contributed by atoms with Crippen molar-refractivity contribution in [2.45, 2.75) is 33.9 Å². The minimum atomic E-state index is 0.783. The van der Waals surface area contributed by atoms with E-state index >= 15 is 0 Å². The molecule has 1 fully saturated rings. The van der Waals surface area contributed by atoms with Crippen molar-refractivity contribution >= 4 is 23.0 Å². The summed E-state index contributed by atoms with van der Waals surface area (Å²) in [5.74, 6) is 0. The lowest BCUT2D eigenvalue weighted by atomic mass is 10.2. The molecule has 1 saturated heterocycles. The molecular formula is C17H27N7S. The number of aromatic nitrogens is 4. The zero-order chi connectivity index (χ0) is 18.0. The molecule has 0 aliphatic carbocycles. The van der Waals surface area contributed by atoms with Crippen LogP contribution in [0, 0.1) is 13.8 Å². The third kappa shape index (κ3) is 4.01. The summed E-state index contributed by atoms with van der Waals surface area (Å²) >= 11 is 5.58. The van der Waals surface area contributed by atoms with Crippen molar-refractivity contribution in [3.8, 4) is 0 Å². The first kappa shape index (κ1) is 17.9. The fourth-order valence-corrected chi connectivity index (χ4v) is 3.33. The van der Waals surface area contributed by atoms with E-state index in [9.17, 15) is 0 Å². The second-order valence-corrected chi connectivity index (χ2v) is 6.94. The largest absolute Gasteiger partial charge is 0.346 e. The minimum Gasteiger partial charge on any atom is -0.346 e. The highest BCUT2D eigenvalue weighted by atomic mass is 32.1. The van der Waals surface area contributed by atoms with E-state index in [1.54, 1.807) is 0 Å². The molecule has 0 bridgehead atoms. The van der Waals surface area contributed by atoms with Crippen LogP contribution in [-0.2, 0) is 20.1 Å². The lowest BCUT2D eigenvalue weighted by Crippen LogP contribution is -2.49. The van der Waals surface area contributed by atoms with Crippen LogP contribution < -0.4 is 5.32 Å². The van der Waals surface area contributed by atoms with Crippen molar-refractivity contribution in [2.75, 3.05) is 31.5 Å². The Hall–Kier alpha value is -1.93. The standard InChI is InChI=1S/C17H27N7S/c1-5-24-12-15(13(2)20-24)11-22-6-8-23(9-7-22)17(25)19-16-10-18-21(4)14(16)3/h10,12H,5-9,11H2,1-4H3,(H,19,25). The molecule has 0 spiro atoms.